The topological polar surface area (TPSA) is 62.0 Å². The van der Waals surface area contributed by atoms with E-state index in [0.29, 0.717) is 11.9 Å². The van der Waals surface area contributed by atoms with Crippen LogP contribution in [0.5, 0.6) is 5.88 Å². The molecule has 2 rings (SSSR count). The van der Waals surface area contributed by atoms with Crippen LogP contribution in [0.25, 0.3) is 0 Å². The lowest BCUT2D eigenvalue weighted by atomic mass is 10.1. The standard InChI is InChI=1S/C12H16N4O/c1-9(10-4-3-7-16(10)2)17-12-5-6-14-11(8-13)15-12/h5-6,9-10H,3-4,7H2,1-2H3/t9-,10-/m0/s1. The van der Waals surface area contributed by atoms with Crippen molar-refractivity contribution in [3.63, 3.8) is 0 Å². The molecule has 5 heteroatoms. The van der Waals surface area contributed by atoms with Crippen LogP contribution in [0.15, 0.2) is 12.3 Å². The van der Waals surface area contributed by atoms with Gasteiger partial charge >= 0.3 is 0 Å². The van der Waals surface area contributed by atoms with Crippen LogP contribution in [0.2, 0.25) is 0 Å². The maximum Gasteiger partial charge on any atom is 0.235 e. The molecule has 0 amide bonds. The highest BCUT2D eigenvalue weighted by atomic mass is 16.5. The Balaban J connectivity index is 2.02. The van der Waals surface area contributed by atoms with E-state index in [1.54, 1.807) is 12.3 Å². The van der Waals surface area contributed by atoms with E-state index in [1.807, 2.05) is 13.0 Å². The summed E-state index contributed by atoms with van der Waals surface area (Å²) in [5, 5.41) is 8.71. The molecule has 0 bridgehead atoms. The molecule has 0 spiro atoms. The predicted molar refractivity (Wildman–Crippen MR) is 62.5 cm³/mol. The number of likely N-dealkylation sites (N-methyl/N-ethyl adjacent to an activating group) is 1. The van der Waals surface area contributed by atoms with E-state index in [1.165, 1.54) is 6.42 Å². The Hall–Kier alpha value is -1.67. The quantitative estimate of drug-likeness (QED) is 0.783. The largest absolute Gasteiger partial charge is 0.473 e. The second-order valence-corrected chi connectivity index (χ2v) is 4.34. The van der Waals surface area contributed by atoms with Crippen LogP contribution in [0.3, 0.4) is 0 Å². The molecular formula is C12H16N4O. The number of nitrogens with zero attached hydrogens (tertiary/aromatic N) is 4. The number of rotatable bonds is 3. The van der Waals surface area contributed by atoms with Crippen molar-refractivity contribution >= 4 is 0 Å². The van der Waals surface area contributed by atoms with Crippen LogP contribution < -0.4 is 4.74 Å². The first-order chi connectivity index (χ1) is 8.20. The third-order valence-corrected chi connectivity index (χ3v) is 3.16. The molecule has 5 nitrogen and oxygen atoms in total. The summed E-state index contributed by atoms with van der Waals surface area (Å²) >= 11 is 0. The Bertz CT molecular complexity index is 429. The van der Waals surface area contributed by atoms with Crippen LogP contribution in [-0.4, -0.2) is 40.6 Å². The minimum atomic E-state index is 0.0731. The first kappa shape index (κ1) is 11.8. The van der Waals surface area contributed by atoms with Crippen molar-refractivity contribution in [1.82, 2.24) is 14.9 Å². The van der Waals surface area contributed by atoms with Gasteiger partial charge in [-0.15, -0.1) is 0 Å². The van der Waals surface area contributed by atoms with Crippen LogP contribution in [0.4, 0.5) is 0 Å². The van der Waals surface area contributed by atoms with Gasteiger partial charge in [0.1, 0.15) is 12.2 Å². The molecule has 1 saturated heterocycles. The fourth-order valence-electron chi connectivity index (χ4n) is 2.26. The number of hydrogen-bond donors (Lipinski definition) is 0. The summed E-state index contributed by atoms with van der Waals surface area (Å²) in [6, 6.07) is 4.02. The average molecular weight is 232 g/mol. The normalized spacial score (nSPS) is 22.1. The van der Waals surface area contributed by atoms with Gasteiger partial charge in [-0.05, 0) is 33.4 Å². The molecule has 0 aliphatic carbocycles. The number of likely N-dealkylation sites (tertiary alicyclic amines) is 1. The summed E-state index contributed by atoms with van der Waals surface area (Å²) in [6.07, 6.45) is 3.98. The fraction of sp³-hybridized carbons (Fsp3) is 0.583. The van der Waals surface area contributed by atoms with Crippen molar-refractivity contribution in [2.75, 3.05) is 13.6 Å². The Morgan fingerprint density at radius 3 is 3.12 bits per heavy atom. The third-order valence-electron chi connectivity index (χ3n) is 3.16. The van der Waals surface area contributed by atoms with Gasteiger partial charge in [-0.2, -0.15) is 10.2 Å². The van der Waals surface area contributed by atoms with Crippen molar-refractivity contribution in [3.8, 4) is 11.9 Å². The molecule has 1 fully saturated rings. The van der Waals surface area contributed by atoms with E-state index in [-0.39, 0.29) is 11.9 Å². The zero-order valence-corrected chi connectivity index (χ0v) is 10.1. The lowest BCUT2D eigenvalue weighted by molar-refractivity contribution is 0.116. The summed E-state index contributed by atoms with van der Waals surface area (Å²) in [4.78, 5) is 10.1. The lowest BCUT2D eigenvalue weighted by Crippen LogP contribution is -2.38. The van der Waals surface area contributed by atoms with Gasteiger partial charge in [0, 0.05) is 18.3 Å². The first-order valence-electron chi connectivity index (χ1n) is 5.81. The molecule has 1 aliphatic rings. The predicted octanol–water partition coefficient (Wildman–Crippen LogP) is 1.21. The van der Waals surface area contributed by atoms with Gasteiger partial charge in [0.2, 0.25) is 11.7 Å². The van der Waals surface area contributed by atoms with Crippen LogP contribution in [-0.2, 0) is 0 Å². The first-order valence-corrected chi connectivity index (χ1v) is 5.81. The van der Waals surface area contributed by atoms with Gasteiger partial charge < -0.3 is 4.74 Å². The molecule has 0 radical (unpaired) electrons. The van der Waals surface area contributed by atoms with E-state index in [4.69, 9.17) is 10.00 Å². The Labute approximate surface area is 101 Å². The van der Waals surface area contributed by atoms with E-state index in [0.717, 1.165) is 13.0 Å². The minimum absolute atomic E-state index is 0.0731. The second-order valence-electron chi connectivity index (χ2n) is 4.34. The summed E-state index contributed by atoms with van der Waals surface area (Å²) in [7, 11) is 2.11. The van der Waals surface area contributed by atoms with E-state index < -0.39 is 0 Å². The minimum Gasteiger partial charge on any atom is -0.473 e. The average Bonchev–Trinajstić information content (AvgIpc) is 2.76. The SMILES string of the molecule is C[C@H](Oc1ccnc(C#N)n1)[C@@H]1CCCN1C. The Morgan fingerprint density at radius 2 is 2.47 bits per heavy atom. The number of aromatic nitrogens is 2. The molecule has 0 unspecified atom stereocenters. The van der Waals surface area contributed by atoms with Crippen molar-refractivity contribution in [2.45, 2.75) is 31.9 Å². The van der Waals surface area contributed by atoms with Crippen molar-refractivity contribution in [1.29, 1.82) is 5.26 Å². The van der Waals surface area contributed by atoms with Gasteiger partial charge in [0.15, 0.2) is 0 Å². The van der Waals surface area contributed by atoms with Crippen molar-refractivity contribution in [2.24, 2.45) is 0 Å². The maximum atomic E-state index is 8.71. The smallest absolute Gasteiger partial charge is 0.235 e. The van der Waals surface area contributed by atoms with Gasteiger partial charge in [0.25, 0.3) is 0 Å². The third kappa shape index (κ3) is 2.71. The van der Waals surface area contributed by atoms with Crippen LogP contribution in [0.1, 0.15) is 25.6 Å². The van der Waals surface area contributed by atoms with E-state index >= 15 is 0 Å². The summed E-state index contributed by atoms with van der Waals surface area (Å²) < 4.78 is 5.77. The molecular weight excluding hydrogens is 216 g/mol. The van der Waals surface area contributed by atoms with Crippen LogP contribution in [0, 0.1) is 11.3 Å². The maximum absolute atomic E-state index is 8.71. The fourth-order valence-corrected chi connectivity index (χ4v) is 2.26. The van der Waals surface area contributed by atoms with Gasteiger partial charge in [-0.25, -0.2) is 4.98 Å². The highest BCUT2D eigenvalue weighted by Crippen LogP contribution is 2.21. The molecule has 1 aliphatic heterocycles. The zero-order chi connectivity index (χ0) is 12.3. The molecule has 2 heterocycles. The summed E-state index contributed by atoms with van der Waals surface area (Å²) in [5.41, 5.74) is 0. The van der Waals surface area contributed by atoms with Crippen molar-refractivity contribution in [3.05, 3.63) is 18.1 Å². The van der Waals surface area contributed by atoms with E-state index in [2.05, 4.69) is 21.9 Å². The molecule has 2 atom stereocenters. The molecule has 17 heavy (non-hydrogen) atoms. The Kier molecular flexibility index (Phi) is 3.55. The monoisotopic (exact) mass is 232 g/mol. The highest BCUT2D eigenvalue weighted by molar-refractivity contribution is 5.16. The summed E-state index contributed by atoms with van der Waals surface area (Å²) in [6.45, 7) is 3.16. The second kappa shape index (κ2) is 5.11. The van der Waals surface area contributed by atoms with Gasteiger partial charge in [-0.1, -0.05) is 0 Å². The number of ether oxygens (including phenoxy) is 1. The summed E-state index contributed by atoms with van der Waals surface area (Å²) in [5.74, 6) is 0.624. The van der Waals surface area contributed by atoms with Crippen LogP contribution >= 0.6 is 0 Å². The zero-order valence-electron chi connectivity index (χ0n) is 10.1. The number of hydrogen-bond acceptors (Lipinski definition) is 5. The van der Waals surface area contributed by atoms with E-state index in [9.17, 15) is 0 Å². The molecule has 0 N–H and O–H groups in total. The molecule has 1 aromatic heterocycles. The Morgan fingerprint density at radius 1 is 1.65 bits per heavy atom. The van der Waals surface area contributed by atoms with Gasteiger partial charge in [0.05, 0.1) is 0 Å². The van der Waals surface area contributed by atoms with Gasteiger partial charge in [-0.3, -0.25) is 4.90 Å². The van der Waals surface area contributed by atoms with Crippen molar-refractivity contribution < 1.29 is 4.74 Å². The number of nitriles is 1. The molecule has 0 aromatic carbocycles. The lowest BCUT2D eigenvalue weighted by Gasteiger charge is -2.26. The molecule has 1 aromatic rings. The molecule has 0 saturated carbocycles. The molecule has 90 valence electrons. The highest BCUT2D eigenvalue weighted by Gasteiger charge is 2.27.